The summed E-state index contributed by atoms with van der Waals surface area (Å²) >= 11 is 3.64. The molecule has 0 aromatic carbocycles. The Morgan fingerprint density at radius 3 is 2.45 bits per heavy atom. The molecule has 3 nitrogen and oxygen atoms in total. The quantitative estimate of drug-likeness (QED) is 0.593. The van der Waals surface area contributed by atoms with Crippen LogP contribution < -0.4 is 10.6 Å². The number of guanidine groups is 1. The first-order chi connectivity index (χ1) is 10.7. The van der Waals surface area contributed by atoms with E-state index in [1.54, 1.807) is 0 Å². The van der Waals surface area contributed by atoms with Crippen molar-refractivity contribution in [1.29, 1.82) is 0 Å². The average Bonchev–Trinajstić information content (AvgIpc) is 3.20. The minimum atomic E-state index is 0.502. The fraction of sp³-hybridized carbons (Fsp3) is 0.471. The van der Waals surface area contributed by atoms with Gasteiger partial charge in [-0.1, -0.05) is 26.0 Å². The van der Waals surface area contributed by atoms with Crippen LogP contribution in [0, 0.1) is 5.92 Å². The third-order valence-corrected chi connectivity index (χ3v) is 5.58. The maximum absolute atomic E-state index is 4.31. The Labute approximate surface area is 141 Å². The van der Waals surface area contributed by atoms with Gasteiger partial charge in [0.25, 0.3) is 0 Å². The molecule has 0 fully saturated rings. The van der Waals surface area contributed by atoms with Crippen molar-refractivity contribution in [3.63, 3.8) is 0 Å². The van der Waals surface area contributed by atoms with Crippen LogP contribution in [0.1, 0.15) is 29.5 Å². The third kappa shape index (κ3) is 5.46. The maximum atomic E-state index is 4.31. The fourth-order valence-corrected chi connectivity index (χ4v) is 3.91. The van der Waals surface area contributed by atoms with E-state index in [0.29, 0.717) is 11.8 Å². The smallest absolute Gasteiger partial charge is 0.191 e. The predicted octanol–water partition coefficient (Wildman–Crippen LogP) is 3.96. The Morgan fingerprint density at radius 1 is 1.09 bits per heavy atom. The first-order valence-corrected chi connectivity index (χ1v) is 9.45. The van der Waals surface area contributed by atoms with Crippen molar-refractivity contribution >= 4 is 28.6 Å². The van der Waals surface area contributed by atoms with Crippen molar-refractivity contribution in [3.8, 4) is 0 Å². The van der Waals surface area contributed by atoms with Crippen molar-refractivity contribution < 1.29 is 0 Å². The molecule has 0 spiro atoms. The molecule has 22 heavy (non-hydrogen) atoms. The number of thiophene rings is 2. The van der Waals surface area contributed by atoms with Crippen LogP contribution in [0.4, 0.5) is 0 Å². The van der Waals surface area contributed by atoms with Gasteiger partial charge in [-0.05, 0) is 35.2 Å². The van der Waals surface area contributed by atoms with Gasteiger partial charge >= 0.3 is 0 Å². The zero-order valence-electron chi connectivity index (χ0n) is 13.5. The van der Waals surface area contributed by atoms with Gasteiger partial charge in [0.15, 0.2) is 5.96 Å². The van der Waals surface area contributed by atoms with Gasteiger partial charge in [0.05, 0.1) is 0 Å². The average molecular weight is 336 g/mol. The van der Waals surface area contributed by atoms with E-state index in [1.807, 2.05) is 29.7 Å². The Morgan fingerprint density at radius 2 is 1.82 bits per heavy atom. The summed E-state index contributed by atoms with van der Waals surface area (Å²) in [5.74, 6) is 1.98. The molecule has 5 heteroatoms. The molecular formula is C17H25N3S2. The standard InChI is InChI=1S/C17H25N3S2/c1-13(10-15-6-4-8-21-15)11-19-17(18-3)20-12-14(2)16-7-5-9-22-16/h4-9,13-14H,10-12H2,1-3H3,(H2,18,19,20). The molecule has 2 heterocycles. The Hall–Kier alpha value is -1.33. The van der Waals surface area contributed by atoms with Gasteiger partial charge in [-0.3, -0.25) is 4.99 Å². The van der Waals surface area contributed by atoms with Crippen LogP contribution >= 0.6 is 22.7 Å². The van der Waals surface area contributed by atoms with E-state index in [0.717, 1.165) is 25.5 Å². The molecule has 0 aliphatic rings. The topological polar surface area (TPSA) is 36.4 Å². The lowest BCUT2D eigenvalue weighted by molar-refractivity contribution is 0.560. The van der Waals surface area contributed by atoms with Crippen LogP contribution in [0.5, 0.6) is 0 Å². The molecule has 0 aliphatic heterocycles. The number of rotatable bonds is 7. The summed E-state index contributed by atoms with van der Waals surface area (Å²) in [6.07, 6.45) is 1.12. The summed E-state index contributed by atoms with van der Waals surface area (Å²) in [7, 11) is 1.83. The first-order valence-electron chi connectivity index (χ1n) is 7.69. The lowest BCUT2D eigenvalue weighted by Gasteiger charge is -2.17. The van der Waals surface area contributed by atoms with Crippen LogP contribution in [-0.4, -0.2) is 26.1 Å². The highest BCUT2D eigenvalue weighted by molar-refractivity contribution is 7.10. The predicted molar refractivity (Wildman–Crippen MR) is 99.3 cm³/mol. The molecule has 0 bridgehead atoms. The van der Waals surface area contributed by atoms with Crippen LogP contribution in [0.3, 0.4) is 0 Å². The monoisotopic (exact) mass is 335 g/mol. The minimum absolute atomic E-state index is 0.502. The molecule has 120 valence electrons. The van der Waals surface area contributed by atoms with Gasteiger partial charge in [-0.2, -0.15) is 0 Å². The molecular weight excluding hydrogens is 310 g/mol. The second-order valence-corrected chi connectivity index (χ2v) is 7.65. The summed E-state index contributed by atoms with van der Waals surface area (Å²) < 4.78 is 0. The SMILES string of the molecule is CN=C(NCC(C)Cc1cccs1)NCC(C)c1cccs1. The second kappa shape index (κ2) is 8.96. The van der Waals surface area contributed by atoms with E-state index in [2.05, 4.69) is 64.5 Å². The third-order valence-electron chi connectivity index (χ3n) is 3.58. The molecule has 0 saturated carbocycles. The van der Waals surface area contributed by atoms with Gasteiger partial charge in [0.1, 0.15) is 0 Å². The fourth-order valence-electron chi connectivity index (χ4n) is 2.26. The van der Waals surface area contributed by atoms with Crippen LogP contribution in [-0.2, 0) is 6.42 Å². The molecule has 2 aromatic heterocycles. The Bertz CT molecular complexity index is 546. The normalized spacial score (nSPS) is 14.6. The zero-order chi connectivity index (χ0) is 15.8. The van der Waals surface area contributed by atoms with Crippen molar-refractivity contribution in [2.24, 2.45) is 10.9 Å². The lowest BCUT2D eigenvalue weighted by Crippen LogP contribution is -2.41. The number of hydrogen-bond donors (Lipinski definition) is 2. The number of hydrogen-bond acceptors (Lipinski definition) is 3. The molecule has 0 aliphatic carbocycles. The van der Waals surface area contributed by atoms with E-state index in [4.69, 9.17) is 0 Å². The zero-order valence-corrected chi connectivity index (χ0v) is 15.1. The molecule has 0 radical (unpaired) electrons. The van der Waals surface area contributed by atoms with Crippen molar-refractivity contribution in [1.82, 2.24) is 10.6 Å². The van der Waals surface area contributed by atoms with Gasteiger partial charge in [-0.25, -0.2) is 0 Å². The van der Waals surface area contributed by atoms with E-state index >= 15 is 0 Å². The van der Waals surface area contributed by atoms with Crippen LogP contribution in [0.15, 0.2) is 40.0 Å². The Balaban J connectivity index is 1.70. The number of nitrogens with zero attached hydrogens (tertiary/aromatic N) is 1. The maximum Gasteiger partial charge on any atom is 0.191 e. The summed E-state index contributed by atoms with van der Waals surface area (Å²) in [6, 6.07) is 8.62. The van der Waals surface area contributed by atoms with E-state index in [9.17, 15) is 0 Å². The van der Waals surface area contributed by atoms with Gasteiger partial charge in [0, 0.05) is 35.8 Å². The minimum Gasteiger partial charge on any atom is -0.356 e. The second-order valence-electron chi connectivity index (χ2n) is 5.64. The molecule has 2 aromatic rings. The summed E-state index contributed by atoms with van der Waals surface area (Å²) in [5, 5.41) is 11.1. The largest absolute Gasteiger partial charge is 0.356 e. The highest BCUT2D eigenvalue weighted by Crippen LogP contribution is 2.19. The lowest BCUT2D eigenvalue weighted by atomic mass is 10.1. The highest BCUT2D eigenvalue weighted by Gasteiger charge is 2.09. The highest BCUT2D eigenvalue weighted by atomic mass is 32.1. The van der Waals surface area contributed by atoms with Crippen molar-refractivity contribution in [3.05, 3.63) is 44.8 Å². The van der Waals surface area contributed by atoms with Crippen molar-refractivity contribution in [2.45, 2.75) is 26.2 Å². The van der Waals surface area contributed by atoms with E-state index in [-0.39, 0.29) is 0 Å². The molecule has 2 atom stereocenters. The van der Waals surface area contributed by atoms with E-state index in [1.165, 1.54) is 9.75 Å². The molecule has 0 saturated heterocycles. The first kappa shape index (κ1) is 17.0. The van der Waals surface area contributed by atoms with Crippen molar-refractivity contribution in [2.75, 3.05) is 20.1 Å². The van der Waals surface area contributed by atoms with Crippen LogP contribution in [0.25, 0.3) is 0 Å². The van der Waals surface area contributed by atoms with Gasteiger partial charge < -0.3 is 10.6 Å². The van der Waals surface area contributed by atoms with Gasteiger partial charge in [0.2, 0.25) is 0 Å². The molecule has 2 N–H and O–H groups in total. The summed E-state index contributed by atoms with van der Waals surface area (Å²) in [4.78, 5) is 7.17. The van der Waals surface area contributed by atoms with E-state index < -0.39 is 0 Å². The summed E-state index contributed by atoms with van der Waals surface area (Å²) in [6.45, 7) is 6.35. The molecule has 0 amide bonds. The van der Waals surface area contributed by atoms with Crippen LogP contribution in [0.2, 0.25) is 0 Å². The number of aliphatic imine (C=N–C) groups is 1. The number of nitrogens with one attached hydrogen (secondary N) is 2. The summed E-state index contributed by atoms with van der Waals surface area (Å²) in [5.41, 5.74) is 0. The molecule has 2 unspecified atom stereocenters. The van der Waals surface area contributed by atoms with Gasteiger partial charge in [-0.15, -0.1) is 22.7 Å². The Kier molecular flexibility index (Phi) is 6.93. The molecule has 2 rings (SSSR count).